The summed E-state index contributed by atoms with van der Waals surface area (Å²) in [6, 6.07) is 25.3. The van der Waals surface area contributed by atoms with Gasteiger partial charge in [-0.05, 0) is 36.8 Å². The van der Waals surface area contributed by atoms with Crippen LogP contribution in [0.2, 0.25) is 0 Å². The molecule has 0 saturated carbocycles. The lowest BCUT2D eigenvalue weighted by atomic mass is 9.99. The number of H-pyrrole nitrogens is 1. The summed E-state index contributed by atoms with van der Waals surface area (Å²) >= 11 is 0. The number of piperazine rings is 1. The van der Waals surface area contributed by atoms with Crippen LogP contribution in [0.1, 0.15) is 5.56 Å². The number of rotatable bonds is 5. The van der Waals surface area contributed by atoms with Crippen molar-refractivity contribution in [3.05, 3.63) is 105 Å². The molecular weight excluding hydrogens is 500 g/mol. The maximum absolute atomic E-state index is 13.8. The number of nitrogens with one attached hydrogen (secondary N) is 2. The van der Waals surface area contributed by atoms with Crippen molar-refractivity contribution in [2.75, 3.05) is 49.5 Å². The molecule has 2 N–H and O–H groups in total. The summed E-state index contributed by atoms with van der Waals surface area (Å²) in [5, 5.41) is 5.13. The molecule has 7 nitrogen and oxygen atoms in total. The third-order valence-electron chi connectivity index (χ3n) is 8.02. The Morgan fingerprint density at radius 1 is 0.800 bits per heavy atom. The maximum Gasteiger partial charge on any atom is 0.196 e. The van der Waals surface area contributed by atoms with Crippen LogP contribution in [0.15, 0.2) is 92.9 Å². The van der Waals surface area contributed by atoms with Gasteiger partial charge >= 0.3 is 0 Å². The molecule has 0 aliphatic carbocycles. The zero-order chi connectivity index (χ0) is 27.2. The molecule has 1 aliphatic rings. The van der Waals surface area contributed by atoms with Gasteiger partial charge in [0.1, 0.15) is 0 Å². The highest BCUT2D eigenvalue weighted by Crippen LogP contribution is 2.31. The van der Waals surface area contributed by atoms with E-state index in [-0.39, 0.29) is 10.9 Å². The molecule has 0 atom stereocenters. The van der Waals surface area contributed by atoms with Crippen LogP contribution in [0.3, 0.4) is 0 Å². The molecule has 7 rings (SSSR count). The van der Waals surface area contributed by atoms with Crippen molar-refractivity contribution in [3.63, 3.8) is 0 Å². The van der Waals surface area contributed by atoms with E-state index in [1.54, 1.807) is 24.3 Å². The fraction of sp³-hybridized carbons (Fsp3) is 0.212. The summed E-state index contributed by atoms with van der Waals surface area (Å²) in [7, 11) is 0. The molecule has 2 heterocycles. The largest absolute Gasteiger partial charge is 0.453 e. The Kier molecular flexibility index (Phi) is 6.01. The maximum atomic E-state index is 13.8. The predicted octanol–water partition coefficient (Wildman–Crippen LogP) is 5.48. The van der Waals surface area contributed by atoms with Crippen molar-refractivity contribution in [1.82, 2.24) is 9.88 Å². The Balaban J connectivity index is 1.25. The second kappa shape index (κ2) is 9.84. The van der Waals surface area contributed by atoms with E-state index in [2.05, 4.69) is 44.4 Å². The van der Waals surface area contributed by atoms with E-state index in [0.717, 1.165) is 43.8 Å². The third kappa shape index (κ3) is 4.19. The van der Waals surface area contributed by atoms with Gasteiger partial charge in [0.15, 0.2) is 22.0 Å². The topological polar surface area (TPSA) is 81.6 Å². The van der Waals surface area contributed by atoms with Gasteiger partial charge < -0.3 is 19.6 Å². The molecule has 0 unspecified atom stereocenters. The monoisotopic (exact) mass is 530 g/mol. The standard InChI is InChI=1S/C33H30N4O3/c1-21-11-12-25-27(19-21)40-28-20-26(34-13-14-36-15-17-37(18-16-36)22-7-3-2-4-8-22)29-30(31(28)35-25)33(39)24-10-6-5-9-23(24)32(29)38/h2-12,19-20,34-35H,13-18H2,1H3. The number of nitrogens with zero attached hydrogens (tertiary/aromatic N) is 2. The average Bonchev–Trinajstić information content (AvgIpc) is 2.99. The number of anilines is 2. The van der Waals surface area contributed by atoms with E-state index in [1.807, 2.05) is 37.3 Å². The van der Waals surface area contributed by atoms with Crippen LogP contribution in [0, 0.1) is 6.92 Å². The number of benzene rings is 5. The summed E-state index contributed by atoms with van der Waals surface area (Å²) < 4.78 is 6.30. The Morgan fingerprint density at radius 3 is 2.25 bits per heavy atom. The second-order valence-corrected chi connectivity index (χ2v) is 10.6. The Bertz CT molecular complexity index is 2000. The molecule has 1 aliphatic heterocycles. The fourth-order valence-corrected chi connectivity index (χ4v) is 5.90. The summed E-state index contributed by atoms with van der Waals surface area (Å²) in [6.07, 6.45) is 0. The van der Waals surface area contributed by atoms with E-state index in [4.69, 9.17) is 4.42 Å². The van der Waals surface area contributed by atoms with Gasteiger partial charge in [-0.2, -0.15) is 0 Å². The zero-order valence-corrected chi connectivity index (χ0v) is 22.4. The van der Waals surface area contributed by atoms with Crippen molar-refractivity contribution in [2.45, 2.75) is 6.92 Å². The SMILES string of the molecule is Cc1ccc2[nH]c3c(cc(NCCN4CCN(c5ccccc5)CC4)c4c(=O)c5ccccc5c(=O)c43)oc2c1. The van der Waals surface area contributed by atoms with Crippen molar-refractivity contribution in [3.8, 4) is 0 Å². The molecule has 1 saturated heterocycles. The van der Waals surface area contributed by atoms with E-state index in [9.17, 15) is 9.59 Å². The quantitative estimate of drug-likeness (QED) is 0.227. The number of fused-ring (bicyclic) bond motifs is 5. The zero-order valence-electron chi connectivity index (χ0n) is 22.4. The first-order valence-corrected chi connectivity index (χ1v) is 13.8. The minimum Gasteiger partial charge on any atom is -0.453 e. The van der Waals surface area contributed by atoms with Crippen molar-refractivity contribution < 1.29 is 4.42 Å². The van der Waals surface area contributed by atoms with Gasteiger partial charge in [0.2, 0.25) is 0 Å². The van der Waals surface area contributed by atoms with Gasteiger partial charge in [0.05, 0.1) is 27.5 Å². The first kappa shape index (κ1) is 24.4. The minimum atomic E-state index is -0.172. The predicted molar refractivity (Wildman–Crippen MR) is 164 cm³/mol. The second-order valence-electron chi connectivity index (χ2n) is 10.6. The van der Waals surface area contributed by atoms with Gasteiger partial charge in [-0.25, -0.2) is 0 Å². The van der Waals surface area contributed by atoms with Crippen molar-refractivity contribution in [2.24, 2.45) is 0 Å². The van der Waals surface area contributed by atoms with Crippen LogP contribution >= 0.6 is 0 Å². The van der Waals surface area contributed by atoms with Crippen LogP contribution < -0.4 is 21.1 Å². The molecule has 200 valence electrons. The molecule has 6 aromatic rings. The van der Waals surface area contributed by atoms with Gasteiger partial charge in [-0.1, -0.05) is 48.5 Å². The minimum absolute atomic E-state index is 0.150. The highest BCUT2D eigenvalue weighted by atomic mass is 16.3. The number of aryl methyl sites for hydroxylation is 1. The molecule has 0 bridgehead atoms. The summed E-state index contributed by atoms with van der Waals surface area (Å²) in [4.78, 5) is 35.9. The molecule has 0 amide bonds. The summed E-state index contributed by atoms with van der Waals surface area (Å²) in [5.74, 6) is 0. The highest BCUT2D eigenvalue weighted by Gasteiger charge is 2.20. The van der Waals surface area contributed by atoms with Crippen molar-refractivity contribution in [1.29, 1.82) is 0 Å². The number of hydrogen-bond acceptors (Lipinski definition) is 6. The van der Waals surface area contributed by atoms with E-state index >= 15 is 0 Å². The first-order valence-electron chi connectivity index (χ1n) is 13.8. The van der Waals surface area contributed by atoms with E-state index in [1.165, 1.54) is 5.69 Å². The molecule has 1 fully saturated rings. The lowest BCUT2D eigenvalue weighted by Crippen LogP contribution is -2.47. The van der Waals surface area contributed by atoms with Crippen LogP contribution in [0.4, 0.5) is 11.4 Å². The molecule has 5 aromatic carbocycles. The van der Waals surface area contributed by atoms with Crippen LogP contribution in [0.25, 0.3) is 43.7 Å². The number of para-hydroxylation sites is 1. The van der Waals surface area contributed by atoms with Crippen LogP contribution in [-0.4, -0.2) is 49.2 Å². The Hall–Kier alpha value is -4.62. The molecule has 0 radical (unpaired) electrons. The molecule has 7 heteroatoms. The number of hydrogen-bond donors (Lipinski definition) is 2. The fourth-order valence-electron chi connectivity index (χ4n) is 5.90. The Labute approximate surface area is 230 Å². The lowest BCUT2D eigenvalue weighted by Gasteiger charge is -2.36. The molecular formula is C33H30N4O3. The van der Waals surface area contributed by atoms with Crippen LogP contribution in [-0.2, 0) is 0 Å². The number of aromatic amines is 1. The van der Waals surface area contributed by atoms with Gasteiger partial charge in [-0.3, -0.25) is 14.5 Å². The third-order valence-corrected chi connectivity index (χ3v) is 8.02. The van der Waals surface area contributed by atoms with E-state index in [0.29, 0.717) is 50.5 Å². The smallest absolute Gasteiger partial charge is 0.196 e. The van der Waals surface area contributed by atoms with Crippen molar-refractivity contribution >= 4 is 55.1 Å². The normalized spacial score (nSPS) is 14.5. The first-order chi connectivity index (χ1) is 19.6. The highest BCUT2D eigenvalue weighted by molar-refractivity contribution is 6.14. The summed E-state index contributed by atoms with van der Waals surface area (Å²) in [6.45, 7) is 7.36. The van der Waals surface area contributed by atoms with Gasteiger partial charge in [-0.15, -0.1) is 0 Å². The number of aromatic nitrogens is 1. The Morgan fingerprint density at radius 2 is 1.50 bits per heavy atom. The van der Waals surface area contributed by atoms with E-state index < -0.39 is 0 Å². The lowest BCUT2D eigenvalue weighted by molar-refractivity contribution is 0.267. The molecule has 40 heavy (non-hydrogen) atoms. The summed E-state index contributed by atoms with van der Waals surface area (Å²) in [5.41, 5.74) is 5.19. The van der Waals surface area contributed by atoms with Gasteiger partial charge in [0, 0.05) is 61.8 Å². The van der Waals surface area contributed by atoms with Crippen LogP contribution in [0.5, 0.6) is 0 Å². The average molecular weight is 531 g/mol. The molecule has 1 aromatic heterocycles. The van der Waals surface area contributed by atoms with Gasteiger partial charge in [0.25, 0.3) is 0 Å². The molecule has 0 spiro atoms.